The number of halogens is 1. The Morgan fingerprint density at radius 1 is 1.37 bits per heavy atom. The number of hydrogen-bond acceptors (Lipinski definition) is 3. The molecule has 1 aromatic heterocycles. The third-order valence-electron chi connectivity index (χ3n) is 2.74. The number of hydrogen-bond donors (Lipinski definition) is 2. The summed E-state index contributed by atoms with van der Waals surface area (Å²) >= 11 is 0. The van der Waals surface area contributed by atoms with Crippen LogP contribution in [-0.2, 0) is 13.1 Å². The third-order valence-corrected chi connectivity index (χ3v) is 2.74. The van der Waals surface area contributed by atoms with Crippen LogP contribution in [0.4, 0.5) is 4.39 Å². The van der Waals surface area contributed by atoms with Crippen LogP contribution in [0.15, 0.2) is 34.7 Å². The fourth-order valence-corrected chi connectivity index (χ4v) is 1.81. The van der Waals surface area contributed by atoms with E-state index in [4.69, 9.17) is 9.52 Å². The fraction of sp³-hybridized carbons (Fsp3) is 0.214. The SMILES string of the molecule is Cc1cc(CNCc2ccccc2F)oc1C(=O)O. The Balaban J connectivity index is 1.95. The summed E-state index contributed by atoms with van der Waals surface area (Å²) in [4.78, 5) is 10.8. The average molecular weight is 263 g/mol. The summed E-state index contributed by atoms with van der Waals surface area (Å²) in [7, 11) is 0. The number of carbonyl (C=O) groups is 1. The second-order valence-electron chi connectivity index (χ2n) is 4.22. The van der Waals surface area contributed by atoms with Crippen molar-refractivity contribution in [3.8, 4) is 0 Å². The smallest absolute Gasteiger partial charge is 0.372 e. The van der Waals surface area contributed by atoms with E-state index in [2.05, 4.69) is 5.32 Å². The van der Waals surface area contributed by atoms with Gasteiger partial charge in [0, 0.05) is 17.7 Å². The van der Waals surface area contributed by atoms with Gasteiger partial charge in [-0.25, -0.2) is 9.18 Å². The molecule has 100 valence electrons. The maximum Gasteiger partial charge on any atom is 0.372 e. The quantitative estimate of drug-likeness (QED) is 0.870. The Hall–Kier alpha value is -2.14. The van der Waals surface area contributed by atoms with Gasteiger partial charge in [0.25, 0.3) is 0 Å². The summed E-state index contributed by atoms with van der Waals surface area (Å²) < 4.78 is 18.5. The minimum absolute atomic E-state index is 0.0531. The number of aromatic carboxylic acids is 1. The topological polar surface area (TPSA) is 62.5 Å². The van der Waals surface area contributed by atoms with Crippen LogP contribution in [-0.4, -0.2) is 11.1 Å². The van der Waals surface area contributed by atoms with E-state index in [0.29, 0.717) is 30.0 Å². The van der Waals surface area contributed by atoms with Crippen molar-refractivity contribution in [3.63, 3.8) is 0 Å². The standard InChI is InChI=1S/C14H14FNO3/c1-9-6-11(19-13(9)14(17)18)8-16-7-10-4-2-3-5-12(10)15/h2-6,16H,7-8H2,1H3,(H,17,18). The molecule has 0 unspecified atom stereocenters. The summed E-state index contributed by atoms with van der Waals surface area (Å²) in [5, 5.41) is 11.9. The molecule has 0 fully saturated rings. The molecule has 2 rings (SSSR count). The molecule has 0 aliphatic rings. The number of furan rings is 1. The van der Waals surface area contributed by atoms with Crippen molar-refractivity contribution in [2.24, 2.45) is 0 Å². The van der Waals surface area contributed by atoms with Gasteiger partial charge in [-0.1, -0.05) is 18.2 Å². The van der Waals surface area contributed by atoms with Gasteiger partial charge in [-0.15, -0.1) is 0 Å². The fourth-order valence-electron chi connectivity index (χ4n) is 1.81. The van der Waals surface area contributed by atoms with Crippen LogP contribution in [0.25, 0.3) is 0 Å². The molecule has 1 aromatic carbocycles. The molecule has 0 amide bonds. The van der Waals surface area contributed by atoms with Gasteiger partial charge in [-0.05, 0) is 19.1 Å². The van der Waals surface area contributed by atoms with Crippen LogP contribution in [0, 0.1) is 12.7 Å². The van der Waals surface area contributed by atoms with Crippen LogP contribution in [0.1, 0.15) is 27.4 Å². The van der Waals surface area contributed by atoms with Gasteiger partial charge < -0.3 is 14.8 Å². The molecule has 19 heavy (non-hydrogen) atoms. The lowest BCUT2D eigenvalue weighted by Crippen LogP contribution is -2.13. The highest BCUT2D eigenvalue weighted by molar-refractivity contribution is 5.86. The van der Waals surface area contributed by atoms with Crippen molar-refractivity contribution in [1.82, 2.24) is 5.32 Å². The van der Waals surface area contributed by atoms with Crippen LogP contribution in [0.5, 0.6) is 0 Å². The average Bonchev–Trinajstić information content (AvgIpc) is 2.73. The maximum absolute atomic E-state index is 13.3. The van der Waals surface area contributed by atoms with Crippen molar-refractivity contribution in [2.45, 2.75) is 20.0 Å². The Morgan fingerprint density at radius 2 is 2.11 bits per heavy atom. The minimum atomic E-state index is -1.09. The number of nitrogens with one attached hydrogen (secondary N) is 1. The molecule has 0 atom stereocenters. The predicted octanol–water partition coefficient (Wildman–Crippen LogP) is 2.72. The van der Waals surface area contributed by atoms with E-state index < -0.39 is 5.97 Å². The Bertz CT molecular complexity index is 592. The largest absolute Gasteiger partial charge is 0.475 e. The first-order chi connectivity index (χ1) is 9.08. The molecular weight excluding hydrogens is 249 g/mol. The molecule has 0 bridgehead atoms. The van der Waals surface area contributed by atoms with Gasteiger partial charge >= 0.3 is 5.97 Å². The minimum Gasteiger partial charge on any atom is -0.475 e. The first-order valence-corrected chi connectivity index (χ1v) is 5.84. The van der Waals surface area contributed by atoms with Gasteiger partial charge in [0.15, 0.2) is 0 Å². The highest BCUT2D eigenvalue weighted by Crippen LogP contribution is 2.14. The van der Waals surface area contributed by atoms with E-state index >= 15 is 0 Å². The van der Waals surface area contributed by atoms with Gasteiger partial charge in [0.2, 0.25) is 5.76 Å². The van der Waals surface area contributed by atoms with Crippen molar-refractivity contribution < 1.29 is 18.7 Å². The summed E-state index contributed by atoms with van der Waals surface area (Å²) in [5.74, 6) is -0.886. The molecule has 0 radical (unpaired) electrons. The number of benzene rings is 1. The zero-order valence-corrected chi connectivity index (χ0v) is 10.4. The van der Waals surface area contributed by atoms with Gasteiger partial charge in [0.1, 0.15) is 11.6 Å². The zero-order chi connectivity index (χ0) is 13.8. The van der Waals surface area contributed by atoms with Crippen LogP contribution < -0.4 is 5.32 Å². The van der Waals surface area contributed by atoms with Crippen LogP contribution >= 0.6 is 0 Å². The second kappa shape index (κ2) is 5.67. The molecule has 2 N–H and O–H groups in total. The molecule has 0 saturated heterocycles. The number of carboxylic acids is 1. The summed E-state index contributed by atoms with van der Waals surface area (Å²) in [5.41, 5.74) is 1.14. The summed E-state index contributed by atoms with van der Waals surface area (Å²) in [6, 6.07) is 8.15. The lowest BCUT2D eigenvalue weighted by molar-refractivity contribution is 0.0659. The first kappa shape index (κ1) is 13.3. The van der Waals surface area contributed by atoms with E-state index in [1.165, 1.54) is 6.07 Å². The van der Waals surface area contributed by atoms with E-state index in [-0.39, 0.29) is 11.6 Å². The van der Waals surface area contributed by atoms with E-state index in [0.717, 1.165) is 0 Å². The molecule has 0 spiro atoms. The van der Waals surface area contributed by atoms with Crippen LogP contribution in [0.3, 0.4) is 0 Å². The Labute approximate surface area is 109 Å². The molecule has 0 aliphatic heterocycles. The lowest BCUT2D eigenvalue weighted by Gasteiger charge is -2.03. The molecule has 5 heteroatoms. The molecule has 4 nitrogen and oxygen atoms in total. The highest BCUT2D eigenvalue weighted by Gasteiger charge is 2.13. The molecular formula is C14H14FNO3. The molecule has 0 saturated carbocycles. The lowest BCUT2D eigenvalue weighted by atomic mass is 10.2. The van der Waals surface area contributed by atoms with Crippen molar-refractivity contribution in [1.29, 1.82) is 0 Å². The maximum atomic E-state index is 13.3. The molecule has 0 aliphatic carbocycles. The summed E-state index contributed by atoms with van der Waals surface area (Å²) in [6.45, 7) is 2.38. The van der Waals surface area contributed by atoms with Crippen LogP contribution in [0.2, 0.25) is 0 Å². The van der Waals surface area contributed by atoms with Crippen molar-refractivity contribution in [3.05, 3.63) is 58.8 Å². The Morgan fingerprint density at radius 3 is 2.74 bits per heavy atom. The van der Waals surface area contributed by atoms with E-state index in [9.17, 15) is 9.18 Å². The molecule has 2 aromatic rings. The molecule has 1 heterocycles. The van der Waals surface area contributed by atoms with Crippen molar-refractivity contribution in [2.75, 3.05) is 0 Å². The predicted molar refractivity (Wildman–Crippen MR) is 67.3 cm³/mol. The van der Waals surface area contributed by atoms with E-state index in [1.54, 1.807) is 31.2 Å². The van der Waals surface area contributed by atoms with Crippen molar-refractivity contribution >= 4 is 5.97 Å². The Kier molecular flexibility index (Phi) is 3.97. The normalized spacial score (nSPS) is 10.6. The third kappa shape index (κ3) is 3.20. The second-order valence-corrected chi connectivity index (χ2v) is 4.22. The zero-order valence-electron chi connectivity index (χ0n) is 10.4. The van der Waals surface area contributed by atoms with E-state index in [1.807, 2.05) is 0 Å². The highest BCUT2D eigenvalue weighted by atomic mass is 19.1. The number of aryl methyl sites for hydroxylation is 1. The summed E-state index contributed by atoms with van der Waals surface area (Å²) in [6.07, 6.45) is 0. The van der Waals surface area contributed by atoms with Gasteiger partial charge in [0.05, 0.1) is 6.54 Å². The van der Waals surface area contributed by atoms with Gasteiger partial charge in [-0.3, -0.25) is 0 Å². The monoisotopic (exact) mass is 263 g/mol. The van der Waals surface area contributed by atoms with Gasteiger partial charge in [-0.2, -0.15) is 0 Å². The number of carboxylic acid groups (broad SMARTS) is 1. The first-order valence-electron chi connectivity index (χ1n) is 5.84. The number of rotatable bonds is 5.